The molecule has 0 radical (unpaired) electrons. The monoisotopic (exact) mass is 432 g/mol. The summed E-state index contributed by atoms with van der Waals surface area (Å²) in [5.41, 5.74) is -1.10. The molecule has 0 bridgehead atoms. The average Bonchev–Trinajstić information content (AvgIpc) is 3.02. The van der Waals surface area contributed by atoms with Gasteiger partial charge in [-0.3, -0.25) is 0 Å². The van der Waals surface area contributed by atoms with Crippen molar-refractivity contribution in [3.63, 3.8) is 0 Å². The highest BCUT2D eigenvalue weighted by molar-refractivity contribution is 5.80. The molecule has 30 heavy (non-hydrogen) atoms. The third kappa shape index (κ3) is 6.41. The first-order valence-electron chi connectivity index (χ1n) is 9.80. The number of furan rings is 1. The van der Waals surface area contributed by atoms with Gasteiger partial charge in [0.2, 0.25) is 0 Å². The van der Waals surface area contributed by atoms with Crippen LogP contribution in [0.15, 0.2) is 45.9 Å². The van der Waals surface area contributed by atoms with E-state index < -0.39 is 23.5 Å². The molecule has 0 aliphatic rings. The molecule has 0 saturated carbocycles. The van der Waals surface area contributed by atoms with Gasteiger partial charge in [-0.1, -0.05) is 30.2 Å². The SMILES string of the molecule is CC(C)=CCC/C(C)=C/CCC(C)c1cc2cc(C(F)(F)F)c(C(F)(F)F)cc2o1. The quantitative estimate of drug-likeness (QED) is 0.314. The van der Waals surface area contributed by atoms with Crippen LogP contribution in [0.4, 0.5) is 26.3 Å². The van der Waals surface area contributed by atoms with E-state index in [1.807, 2.05) is 27.7 Å². The first-order chi connectivity index (χ1) is 13.8. The van der Waals surface area contributed by atoms with E-state index in [4.69, 9.17) is 4.42 Å². The van der Waals surface area contributed by atoms with Gasteiger partial charge < -0.3 is 4.42 Å². The van der Waals surface area contributed by atoms with Crippen molar-refractivity contribution in [2.75, 3.05) is 0 Å². The van der Waals surface area contributed by atoms with E-state index in [1.54, 1.807) is 0 Å². The van der Waals surface area contributed by atoms with Gasteiger partial charge in [-0.25, -0.2) is 0 Å². The van der Waals surface area contributed by atoms with E-state index in [0.717, 1.165) is 19.3 Å². The lowest BCUT2D eigenvalue weighted by atomic mass is 10.00. The standard InChI is InChI=1S/C23H26F6O/c1-14(2)7-5-8-15(3)9-6-10-16(4)20-12-17-11-18(22(24,25)26)19(23(27,28)29)13-21(17)30-20/h7,9,11-13,16H,5-6,8,10H2,1-4H3/b15-9+. The Morgan fingerprint density at radius 1 is 0.900 bits per heavy atom. The Bertz CT molecular complexity index is 873. The molecule has 1 aromatic carbocycles. The topological polar surface area (TPSA) is 13.1 Å². The van der Waals surface area contributed by atoms with Crippen LogP contribution >= 0.6 is 0 Å². The van der Waals surface area contributed by atoms with Crippen molar-refractivity contribution in [1.29, 1.82) is 0 Å². The zero-order valence-corrected chi connectivity index (χ0v) is 17.5. The largest absolute Gasteiger partial charge is 0.461 e. The van der Waals surface area contributed by atoms with E-state index in [-0.39, 0.29) is 16.9 Å². The zero-order valence-electron chi connectivity index (χ0n) is 17.5. The summed E-state index contributed by atoms with van der Waals surface area (Å²) in [4.78, 5) is 0. The molecule has 1 atom stereocenters. The molecule has 0 aliphatic heterocycles. The molecule has 1 nitrogen and oxygen atoms in total. The zero-order chi connectivity index (χ0) is 22.7. The second-order valence-electron chi connectivity index (χ2n) is 7.93. The summed E-state index contributed by atoms with van der Waals surface area (Å²) in [5, 5.41) is 0.0191. The third-order valence-electron chi connectivity index (χ3n) is 4.96. The number of alkyl halides is 6. The van der Waals surface area contributed by atoms with Gasteiger partial charge >= 0.3 is 12.4 Å². The number of fused-ring (bicyclic) bond motifs is 1. The molecule has 0 fully saturated rings. The van der Waals surface area contributed by atoms with Crippen LogP contribution in [0.3, 0.4) is 0 Å². The third-order valence-corrected chi connectivity index (χ3v) is 4.96. The Kier molecular flexibility index (Phi) is 7.48. The Labute approximate surface area is 172 Å². The first kappa shape index (κ1) is 24.1. The predicted molar refractivity (Wildman–Crippen MR) is 106 cm³/mol. The van der Waals surface area contributed by atoms with Gasteiger partial charge in [0, 0.05) is 11.3 Å². The van der Waals surface area contributed by atoms with E-state index in [2.05, 4.69) is 12.2 Å². The van der Waals surface area contributed by atoms with Crippen molar-refractivity contribution >= 4 is 11.0 Å². The van der Waals surface area contributed by atoms with E-state index in [1.165, 1.54) is 17.2 Å². The Hall–Kier alpha value is -2.18. The summed E-state index contributed by atoms with van der Waals surface area (Å²) in [6, 6.07) is 2.37. The van der Waals surface area contributed by atoms with Gasteiger partial charge in [0.05, 0.1) is 11.1 Å². The molecule has 1 heterocycles. The lowest BCUT2D eigenvalue weighted by Gasteiger charge is -2.15. The molecular formula is C23H26F6O. The van der Waals surface area contributed by atoms with Crippen molar-refractivity contribution in [2.45, 2.75) is 71.6 Å². The molecule has 1 aromatic heterocycles. The van der Waals surface area contributed by atoms with Crippen LogP contribution in [-0.2, 0) is 12.4 Å². The molecule has 1 unspecified atom stereocenters. The Morgan fingerprint density at radius 3 is 2.07 bits per heavy atom. The average molecular weight is 432 g/mol. The van der Waals surface area contributed by atoms with Crippen LogP contribution in [0.1, 0.15) is 76.2 Å². The Balaban J connectivity index is 2.17. The maximum absolute atomic E-state index is 13.1. The molecule has 0 saturated heterocycles. The number of rotatable bonds is 7. The minimum Gasteiger partial charge on any atom is -0.461 e. The van der Waals surface area contributed by atoms with Crippen molar-refractivity contribution in [3.05, 3.63) is 58.4 Å². The molecule has 166 valence electrons. The second kappa shape index (κ2) is 9.31. The summed E-state index contributed by atoms with van der Waals surface area (Å²) in [6.45, 7) is 7.98. The normalized spacial score (nSPS) is 14.3. The maximum atomic E-state index is 13.1. The van der Waals surface area contributed by atoms with Crippen molar-refractivity contribution in [2.24, 2.45) is 0 Å². The van der Waals surface area contributed by atoms with Crippen LogP contribution in [-0.4, -0.2) is 0 Å². The van der Waals surface area contributed by atoms with Crippen LogP contribution in [0.2, 0.25) is 0 Å². The van der Waals surface area contributed by atoms with Gasteiger partial charge in [0.1, 0.15) is 11.3 Å². The second-order valence-corrected chi connectivity index (χ2v) is 7.93. The highest BCUT2D eigenvalue weighted by atomic mass is 19.4. The fourth-order valence-corrected chi connectivity index (χ4v) is 3.23. The number of hydrogen-bond acceptors (Lipinski definition) is 1. The summed E-state index contributed by atoms with van der Waals surface area (Å²) < 4.78 is 84.1. The van der Waals surface area contributed by atoms with Gasteiger partial charge in [-0.2, -0.15) is 26.3 Å². The van der Waals surface area contributed by atoms with Gasteiger partial charge in [-0.05, 0) is 64.7 Å². The molecule has 2 rings (SSSR count). The number of hydrogen-bond donors (Lipinski definition) is 0. The molecular weight excluding hydrogens is 406 g/mol. The van der Waals surface area contributed by atoms with Crippen molar-refractivity contribution in [3.8, 4) is 0 Å². The molecule has 0 spiro atoms. The van der Waals surface area contributed by atoms with E-state index in [9.17, 15) is 26.3 Å². The lowest BCUT2D eigenvalue weighted by molar-refractivity contribution is -0.161. The molecule has 0 aliphatic carbocycles. The predicted octanol–water partition coefficient (Wildman–Crippen LogP) is 9.05. The van der Waals surface area contributed by atoms with Gasteiger partial charge in [0.25, 0.3) is 0 Å². The summed E-state index contributed by atoms with van der Waals surface area (Å²) in [6.07, 6.45) is -2.60. The van der Waals surface area contributed by atoms with E-state index in [0.29, 0.717) is 24.3 Å². The molecule has 0 amide bonds. The van der Waals surface area contributed by atoms with Gasteiger partial charge in [-0.15, -0.1) is 0 Å². The fourth-order valence-electron chi connectivity index (χ4n) is 3.23. The minimum atomic E-state index is -5.12. The van der Waals surface area contributed by atoms with Crippen LogP contribution < -0.4 is 0 Å². The first-order valence-corrected chi connectivity index (χ1v) is 9.80. The highest BCUT2D eigenvalue weighted by Gasteiger charge is 2.43. The smallest absolute Gasteiger partial charge is 0.417 e. The lowest BCUT2D eigenvalue weighted by Crippen LogP contribution is -2.16. The van der Waals surface area contributed by atoms with Crippen molar-refractivity contribution in [1.82, 2.24) is 0 Å². The molecule has 2 aromatic rings. The fraction of sp³-hybridized carbons (Fsp3) is 0.478. The summed E-state index contributed by atoms with van der Waals surface area (Å²) in [5.74, 6) is 0.246. The van der Waals surface area contributed by atoms with E-state index >= 15 is 0 Å². The Morgan fingerprint density at radius 2 is 1.50 bits per heavy atom. The maximum Gasteiger partial charge on any atom is 0.417 e. The highest BCUT2D eigenvalue weighted by Crippen LogP contribution is 2.43. The number of halogens is 6. The van der Waals surface area contributed by atoms with Crippen molar-refractivity contribution < 1.29 is 30.8 Å². The van der Waals surface area contributed by atoms with Crippen LogP contribution in [0.25, 0.3) is 11.0 Å². The minimum absolute atomic E-state index is 0.0191. The molecule has 7 heteroatoms. The summed E-state index contributed by atoms with van der Waals surface area (Å²) >= 11 is 0. The molecule has 0 N–H and O–H groups in total. The number of allylic oxidation sites excluding steroid dienone is 4. The summed E-state index contributed by atoms with van der Waals surface area (Å²) in [7, 11) is 0. The number of benzene rings is 1. The van der Waals surface area contributed by atoms with Crippen LogP contribution in [0.5, 0.6) is 0 Å². The van der Waals surface area contributed by atoms with Crippen LogP contribution in [0, 0.1) is 0 Å². The van der Waals surface area contributed by atoms with Gasteiger partial charge in [0.15, 0.2) is 0 Å².